The van der Waals surface area contributed by atoms with Crippen LogP contribution >= 0.6 is 69.6 Å². The predicted octanol–water partition coefficient (Wildman–Crippen LogP) is 5.63. The number of hydrogen-bond acceptors (Lipinski definition) is 14. The number of nitrogens with two attached hydrogens (primary N) is 1. The highest BCUT2D eigenvalue weighted by Gasteiger charge is 2.46. The summed E-state index contributed by atoms with van der Waals surface area (Å²) >= 11 is 33.7. The predicted molar refractivity (Wildman–Crippen MR) is 199 cm³/mol. The first-order chi connectivity index (χ1) is 24.4. The molecule has 0 aromatic carbocycles. The highest BCUT2D eigenvalue weighted by Crippen LogP contribution is 2.35. The van der Waals surface area contributed by atoms with Crippen LogP contribution in [0.3, 0.4) is 0 Å². The van der Waals surface area contributed by atoms with Crippen molar-refractivity contribution in [3.05, 3.63) is 12.7 Å². The Balaban J connectivity index is 0.000000540. The zero-order valence-electron chi connectivity index (χ0n) is 30.4. The summed E-state index contributed by atoms with van der Waals surface area (Å²) in [5.41, 5.74) is 6.19. The molecule has 4 N–H and O–H groups in total. The number of nitrogens with one attached hydrogen (secondary N) is 2. The first kappa shape index (κ1) is 49.5. The fourth-order valence-electron chi connectivity index (χ4n) is 4.95. The van der Waals surface area contributed by atoms with Crippen LogP contribution in [-0.4, -0.2) is 107 Å². The highest BCUT2D eigenvalue weighted by molar-refractivity contribution is 6.76. The second kappa shape index (κ2) is 22.9. The average Bonchev–Trinajstić information content (AvgIpc) is 3.06. The summed E-state index contributed by atoms with van der Waals surface area (Å²) in [5.74, 6) is -2.63. The topological polar surface area (TPSA) is 204 Å². The van der Waals surface area contributed by atoms with Crippen molar-refractivity contribution < 1.29 is 57.1 Å². The highest BCUT2D eigenvalue weighted by atomic mass is 35.6. The summed E-state index contributed by atoms with van der Waals surface area (Å²) in [6, 6.07) is -1.15. The zero-order valence-corrected chi connectivity index (χ0v) is 35.0. The number of esters is 3. The molecule has 0 radical (unpaired) electrons. The number of carbonyl (C=O) groups is 4. The molecule has 306 valence electrons. The van der Waals surface area contributed by atoms with Gasteiger partial charge in [0.1, 0.15) is 26.4 Å². The zero-order chi connectivity index (χ0) is 40.8. The molecule has 11 atom stereocenters. The van der Waals surface area contributed by atoms with Gasteiger partial charge in [-0.05, 0) is 30.6 Å². The van der Waals surface area contributed by atoms with E-state index in [2.05, 4.69) is 11.9 Å². The van der Waals surface area contributed by atoms with E-state index in [4.69, 9.17) is 119 Å². The van der Waals surface area contributed by atoms with Crippen molar-refractivity contribution in [3.8, 4) is 0 Å². The molecule has 0 saturated carbocycles. The molecule has 2 aliphatic heterocycles. The summed E-state index contributed by atoms with van der Waals surface area (Å²) in [5, 5.41) is 10.3. The van der Waals surface area contributed by atoms with Gasteiger partial charge in [-0.25, -0.2) is 4.79 Å². The Hall–Kier alpha value is -1.53. The van der Waals surface area contributed by atoms with Crippen molar-refractivity contribution in [2.24, 2.45) is 35.3 Å². The van der Waals surface area contributed by atoms with Gasteiger partial charge in [0.05, 0.1) is 36.8 Å². The minimum absolute atomic E-state index is 0.0633. The Bertz CT molecular complexity index is 1240. The number of amides is 1. The molecule has 4 unspecified atom stereocenters. The van der Waals surface area contributed by atoms with E-state index in [1.165, 1.54) is 19.9 Å². The van der Waals surface area contributed by atoms with Crippen LogP contribution in [0.2, 0.25) is 0 Å². The van der Waals surface area contributed by atoms with Crippen LogP contribution in [0.25, 0.3) is 0 Å². The first-order valence-corrected chi connectivity index (χ1v) is 18.7. The molecule has 2 rings (SSSR count). The number of carbonyl (C=O) groups excluding carboxylic acids is 4. The molecule has 2 saturated heterocycles. The molecule has 0 aromatic heterocycles. The third kappa shape index (κ3) is 17.9. The molecule has 0 bridgehead atoms. The van der Waals surface area contributed by atoms with Gasteiger partial charge in [0.15, 0.2) is 6.29 Å². The van der Waals surface area contributed by atoms with Crippen LogP contribution in [0, 0.1) is 35.0 Å². The van der Waals surface area contributed by atoms with Crippen LogP contribution in [-0.2, 0) is 52.3 Å². The van der Waals surface area contributed by atoms with E-state index in [9.17, 15) is 19.2 Å². The molecular weight excluding hydrogens is 831 g/mol. The number of alkyl carbamates (subject to hydrolysis) is 1. The second-order valence-corrected chi connectivity index (χ2v) is 17.5. The average molecular weight is 880 g/mol. The lowest BCUT2D eigenvalue weighted by molar-refractivity contribution is -0.242. The number of ether oxygens (including phenoxy) is 8. The van der Waals surface area contributed by atoms with E-state index in [-0.39, 0.29) is 74.2 Å². The molecular formula is C32H49Cl6N3O12. The fourth-order valence-corrected chi connectivity index (χ4v) is 5.25. The van der Waals surface area contributed by atoms with Gasteiger partial charge in [0, 0.05) is 13.8 Å². The van der Waals surface area contributed by atoms with Crippen molar-refractivity contribution in [2.45, 2.75) is 92.9 Å². The Labute approximate surface area is 339 Å². The van der Waals surface area contributed by atoms with Crippen LogP contribution in [0.4, 0.5) is 4.79 Å². The van der Waals surface area contributed by atoms with Crippen molar-refractivity contribution >= 4 is 99.5 Å². The molecule has 0 aliphatic carbocycles. The maximum Gasteiger partial charge on any atom is 0.407 e. The Kier molecular flexibility index (Phi) is 21.4. The Morgan fingerprint density at radius 2 is 1.36 bits per heavy atom. The Morgan fingerprint density at radius 3 is 1.83 bits per heavy atom. The normalized spacial score (nSPS) is 29.2. The monoisotopic (exact) mass is 877 g/mol. The van der Waals surface area contributed by atoms with Gasteiger partial charge in [-0.3, -0.25) is 19.8 Å². The SMILES string of the molecule is C=CCOC(=O)[C@@H](C)COC1OC(COC(C)=O)[C@@H](C)[C@H](C)[C@@H]1N.CC(=O)OCC1OC(OC(=N)C(Cl)(Cl)Cl)[C@@H](NC(=O)OCC(Cl)(Cl)Cl)[C@@H](C)[C@@H]1C. The molecule has 53 heavy (non-hydrogen) atoms. The Morgan fingerprint density at radius 1 is 0.849 bits per heavy atom. The van der Waals surface area contributed by atoms with Crippen molar-refractivity contribution in [1.29, 1.82) is 5.41 Å². The maximum absolute atomic E-state index is 12.1. The van der Waals surface area contributed by atoms with E-state index in [0.29, 0.717) is 0 Å². The van der Waals surface area contributed by atoms with E-state index in [0.717, 1.165) is 0 Å². The molecule has 0 aromatic rings. The van der Waals surface area contributed by atoms with E-state index in [1.807, 2.05) is 20.8 Å². The van der Waals surface area contributed by atoms with E-state index >= 15 is 0 Å². The van der Waals surface area contributed by atoms with E-state index < -0.39 is 62.8 Å². The molecule has 0 spiro atoms. The lowest BCUT2D eigenvalue weighted by Gasteiger charge is -2.44. The van der Waals surface area contributed by atoms with Crippen molar-refractivity contribution in [2.75, 3.05) is 33.0 Å². The number of hydrogen-bond donors (Lipinski definition) is 3. The minimum Gasteiger partial charge on any atom is -0.463 e. The van der Waals surface area contributed by atoms with Gasteiger partial charge in [0.2, 0.25) is 16.0 Å². The van der Waals surface area contributed by atoms with Crippen LogP contribution in [0.15, 0.2) is 12.7 Å². The lowest BCUT2D eigenvalue weighted by Crippen LogP contribution is -2.59. The molecule has 2 heterocycles. The fraction of sp³-hybridized carbons (Fsp3) is 0.781. The summed E-state index contributed by atoms with van der Waals surface area (Å²) < 4.78 is 38.6. The smallest absolute Gasteiger partial charge is 0.407 e. The number of halogens is 6. The summed E-state index contributed by atoms with van der Waals surface area (Å²) in [7, 11) is 0. The van der Waals surface area contributed by atoms with Gasteiger partial charge in [-0.15, -0.1) is 0 Å². The second-order valence-electron chi connectivity index (χ2n) is 12.7. The standard InChI is InChI=1S/C17H29NO6.C15H20Cl6N2O6/c1-6-7-21-16(20)10(2)8-23-17-15(18)12(4)11(3)14(24-17)9-22-13(5)19;1-6-7(2)10(23-13(25)27-5-14(16,17)18)11(29-12(22)15(19,20)21)28-9(6)4-26-8(3)24/h6,10-12,14-15,17H,1,7-9,18H2,2-5H3;6-7,9-11,22H,4-5H2,1-3H3,(H,23,25)/t10-,11-,12-,14?,15-,17?;6-,7-,9?,10-,11?/m00/s1. The van der Waals surface area contributed by atoms with Gasteiger partial charge >= 0.3 is 24.0 Å². The van der Waals surface area contributed by atoms with E-state index in [1.54, 1.807) is 13.8 Å². The molecule has 2 fully saturated rings. The van der Waals surface area contributed by atoms with Gasteiger partial charge in [-0.2, -0.15) is 0 Å². The number of rotatable bonds is 13. The van der Waals surface area contributed by atoms with Crippen molar-refractivity contribution in [1.82, 2.24) is 5.32 Å². The van der Waals surface area contributed by atoms with Crippen LogP contribution in [0.5, 0.6) is 0 Å². The van der Waals surface area contributed by atoms with Crippen molar-refractivity contribution in [3.63, 3.8) is 0 Å². The third-order valence-corrected chi connectivity index (χ3v) is 9.37. The summed E-state index contributed by atoms with van der Waals surface area (Å²) in [6.07, 6.45) is -2.20. The largest absolute Gasteiger partial charge is 0.463 e. The van der Waals surface area contributed by atoms with Gasteiger partial charge in [-0.1, -0.05) is 110 Å². The molecule has 1 amide bonds. The lowest BCUT2D eigenvalue weighted by atomic mass is 9.82. The summed E-state index contributed by atoms with van der Waals surface area (Å²) in [4.78, 5) is 46.0. The van der Waals surface area contributed by atoms with Gasteiger partial charge in [0.25, 0.3) is 3.79 Å². The first-order valence-electron chi connectivity index (χ1n) is 16.4. The molecule has 2 aliphatic rings. The molecule has 15 nitrogen and oxygen atoms in total. The van der Waals surface area contributed by atoms with Crippen LogP contribution < -0.4 is 11.1 Å². The summed E-state index contributed by atoms with van der Waals surface area (Å²) in [6.45, 7) is 15.4. The quantitative estimate of drug-likeness (QED) is 0.0513. The van der Waals surface area contributed by atoms with Crippen LogP contribution in [0.1, 0.15) is 48.5 Å². The minimum atomic E-state index is -2.15. The number of alkyl halides is 6. The third-order valence-electron chi connectivity index (χ3n) is 8.53. The maximum atomic E-state index is 12.1. The van der Waals surface area contributed by atoms with Gasteiger partial charge < -0.3 is 48.9 Å². The molecule has 21 heteroatoms.